The highest BCUT2D eigenvalue weighted by Crippen LogP contribution is 2.16. The van der Waals surface area contributed by atoms with Crippen molar-refractivity contribution >= 4 is 0 Å². The van der Waals surface area contributed by atoms with E-state index >= 15 is 0 Å². The number of nitrogens with zero attached hydrogens (tertiary/aromatic N) is 3. The Hall–Kier alpha value is -1.62. The van der Waals surface area contributed by atoms with Crippen molar-refractivity contribution < 1.29 is 0 Å². The van der Waals surface area contributed by atoms with Crippen molar-refractivity contribution in [1.29, 1.82) is 0 Å². The third-order valence-corrected chi connectivity index (χ3v) is 2.76. The zero-order chi connectivity index (χ0) is 12.1. The summed E-state index contributed by atoms with van der Waals surface area (Å²) in [6.45, 7) is 3.70. The van der Waals surface area contributed by atoms with Crippen LogP contribution in [0.25, 0.3) is 11.3 Å². The van der Waals surface area contributed by atoms with Gasteiger partial charge < -0.3 is 10.7 Å². The number of nitrogens with two attached hydrogens (primary N) is 1. The maximum Gasteiger partial charge on any atom is 0.106 e. The van der Waals surface area contributed by atoms with Crippen LogP contribution in [0.4, 0.5) is 0 Å². The number of hydrogen-bond donors (Lipinski definition) is 2. The first kappa shape index (κ1) is 11.9. The second-order valence-corrected chi connectivity index (χ2v) is 4.07. The number of aryl methyl sites for hydroxylation is 2. The summed E-state index contributed by atoms with van der Waals surface area (Å²) in [6, 6.07) is 0. The zero-order valence-corrected chi connectivity index (χ0v) is 10.2. The third-order valence-electron chi connectivity index (χ3n) is 2.76. The van der Waals surface area contributed by atoms with Gasteiger partial charge in [-0.2, -0.15) is 5.10 Å². The Kier molecular flexibility index (Phi) is 3.93. The van der Waals surface area contributed by atoms with Crippen LogP contribution in [-0.2, 0) is 13.0 Å². The lowest BCUT2D eigenvalue weighted by atomic mass is 10.2. The summed E-state index contributed by atoms with van der Waals surface area (Å²) in [5.74, 6) is 1.03. The van der Waals surface area contributed by atoms with E-state index in [2.05, 4.69) is 22.0 Å². The highest BCUT2D eigenvalue weighted by atomic mass is 15.3. The molecule has 0 bridgehead atoms. The van der Waals surface area contributed by atoms with Crippen molar-refractivity contribution in [2.75, 3.05) is 6.54 Å². The average molecular weight is 233 g/mol. The number of aromatic amines is 1. The number of hydrogen-bond acceptors (Lipinski definition) is 3. The molecule has 92 valence electrons. The Morgan fingerprint density at radius 2 is 2.24 bits per heavy atom. The van der Waals surface area contributed by atoms with E-state index in [1.54, 1.807) is 0 Å². The highest BCUT2D eigenvalue weighted by Gasteiger charge is 2.05. The molecular weight excluding hydrogens is 214 g/mol. The number of rotatable bonds is 6. The molecule has 0 radical (unpaired) electrons. The number of aromatic nitrogens is 4. The van der Waals surface area contributed by atoms with Crippen molar-refractivity contribution in [3.63, 3.8) is 0 Å². The maximum absolute atomic E-state index is 5.47. The Balaban J connectivity index is 2.02. The highest BCUT2D eigenvalue weighted by molar-refractivity contribution is 5.55. The van der Waals surface area contributed by atoms with Crippen molar-refractivity contribution in [2.24, 2.45) is 5.73 Å². The van der Waals surface area contributed by atoms with Crippen LogP contribution in [0.15, 0.2) is 18.6 Å². The van der Waals surface area contributed by atoms with E-state index in [-0.39, 0.29) is 0 Å². The molecule has 5 heteroatoms. The van der Waals surface area contributed by atoms with Gasteiger partial charge >= 0.3 is 0 Å². The molecular formula is C12H19N5. The van der Waals surface area contributed by atoms with Crippen LogP contribution in [0, 0.1) is 0 Å². The summed E-state index contributed by atoms with van der Waals surface area (Å²) in [5, 5.41) is 4.25. The molecule has 0 saturated carbocycles. The lowest BCUT2D eigenvalue weighted by Crippen LogP contribution is -1.99. The predicted molar refractivity (Wildman–Crippen MR) is 67.5 cm³/mol. The van der Waals surface area contributed by atoms with E-state index in [0.29, 0.717) is 0 Å². The molecule has 3 N–H and O–H groups in total. The monoisotopic (exact) mass is 233 g/mol. The SMILES string of the molecule is CCn1cc(-c2cnc(CCCCN)[nH]2)cn1. The third kappa shape index (κ3) is 2.94. The molecule has 0 amide bonds. The Bertz CT molecular complexity index is 457. The lowest BCUT2D eigenvalue weighted by Gasteiger charge is -1.95. The van der Waals surface area contributed by atoms with Gasteiger partial charge in [0, 0.05) is 24.7 Å². The van der Waals surface area contributed by atoms with Crippen LogP contribution < -0.4 is 5.73 Å². The van der Waals surface area contributed by atoms with Crippen LogP contribution in [0.3, 0.4) is 0 Å². The number of nitrogens with one attached hydrogen (secondary N) is 1. The topological polar surface area (TPSA) is 72.5 Å². The van der Waals surface area contributed by atoms with Crippen LogP contribution in [0.5, 0.6) is 0 Å². The Morgan fingerprint density at radius 3 is 2.94 bits per heavy atom. The number of unbranched alkanes of at least 4 members (excludes halogenated alkanes) is 1. The van der Waals surface area contributed by atoms with E-state index in [4.69, 9.17) is 5.73 Å². The van der Waals surface area contributed by atoms with Gasteiger partial charge in [0.25, 0.3) is 0 Å². The first-order chi connectivity index (χ1) is 8.33. The largest absolute Gasteiger partial charge is 0.342 e. The van der Waals surface area contributed by atoms with E-state index in [1.165, 1.54) is 0 Å². The van der Waals surface area contributed by atoms with Gasteiger partial charge in [-0.15, -0.1) is 0 Å². The standard InChI is InChI=1S/C12H19N5/c1-2-17-9-10(7-15-17)11-8-14-12(16-11)5-3-4-6-13/h7-9H,2-6,13H2,1H3,(H,14,16). The fourth-order valence-electron chi connectivity index (χ4n) is 1.75. The van der Waals surface area contributed by atoms with Crippen LogP contribution in [-0.4, -0.2) is 26.3 Å². The van der Waals surface area contributed by atoms with Gasteiger partial charge in [0.15, 0.2) is 0 Å². The van der Waals surface area contributed by atoms with Crippen LogP contribution >= 0.6 is 0 Å². The fraction of sp³-hybridized carbons (Fsp3) is 0.500. The van der Waals surface area contributed by atoms with Crippen molar-refractivity contribution in [3.8, 4) is 11.3 Å². The molecule has 2 rings (SSSR count). The smallest absolute Gasteiger partial charge is 0.106 e. The van der Waals surface area contributed by atoms with Gasteiger partial charge in [-0.1, -0.05) is 0 Å². The average Bonchev–Trinajstić information content (AvgIpc) is 2.97. The van der Waals surface area contributed by atoms with E-state index in [9.17, 15) is 0 Å². The van der Waals surface area contributed by atoms with Crippen molar-refractivity contribution in [2.45, 2.75) is 32.7 Å². The Morgan fingerprint density at radius 1 is 1.35 bits per heavy atom. The minimum atomic E-state index is 0.747. The summed E-state index contributed by atoms with van der Waals surface area (Å²) >= 11 is 0. The molecule has 0 saturated heterocycles. The minimum Gasteiger partial charge on any atom is -0.342 e. The van der Waals surface area contributed by atoms with Crippen LogP contribution in [0.1, 0.15) is 25.6 Å². The van der Waals surface area contributed by atoms with Crippen molar-refractivity contribution in [3.05, 3.63) is 24.4 Å². The lowest BCUT2D eigenvalue weighted by molar-refractivity contribution is 0.660. The van der Waals surface area contributed by atoms with Gasteiger partial charge in [0.05, 0.1) is 18.1 Å². The molecule has 2 aromatic rings. The summed E-state index contributed by atoms with van der Waals surface area (Å²) < 4.78 is 1.91. The van der Waals surface area contributed by atoms with Crippen LogP contribution in [0.2, 0.25) is 0 Å². The summed E-state index contributed by atoms with van der Waals surface area (Å²) in [4.78, 5) is 7.69. The molecule has 2 aromatic heterocycles. The van der Waals surface area contributed by atoms with Gasteiger partial charge in [-0.3, -0.25) is 4.68 Å². The molecule has 0 aromatic carbocycles. The first-order valence-corrected chi connectivity index (χ1v) is 6.10. The summed E-state index contributed by atoms with van der Waals surface area (Å²) in [7, 11) is 0. The molecule has 0 spiro atoms. The Labute approximate surface area is 101 Å². The molecule has 0 aliphatic carbocycles. The number of imidazole rings is 1. The second kappa shape index (κ2) is 5.63. The van der Waals surface area contributed by atoms with Gasteiger partial charge in [0.1, 0.15) is 5.82 Å². The number of H-pyrrole nitrogens is 1. The second-order valence-electron chi connectivity index (χ2n) is 4.07. The summed E-state index contributed by atoms with van der Waals surface area (Å²) in [6.07, 6.45) is 8.84. The van der Waals surface area contributed by atoms with Gasteiger partial charge in [0.2, 0.25) is 0 Å². The molecule has 5 nitrogen and oxygen atoms in total. The van der Waals surface area contributed by atoms with E-state index < -0.39 is 0 Å². The minimum absolute atomic E-state index is 0.747. The normalized spacial score (nSPS) is 10.9. The zero-order valence-electron chi connectivity index (χ0n) is 10.2. The molecule has 0 aliphatic rings. The molecule has 0 atom stereocenters. The van der Waals surface area contributed by atoms with E-state index in [1.807, 2.05) is 23.3 Å². The van der Waals surface area contributed by atoms with Crippen molar-refractivity contribution in [1.82, 2.24) is 19.7 Å². The maximum atomic E-state index is 5.47. The molecule has 0 fully saturated rings. The van der Waals surface area contributed by atoms with Gasteiger partial charge in [-0.25, -0.2) is 4.98 Å². The summed E-state index contributed by atoms with van der Waals surface area (Å²) in [5.41, 5.74) is 7.59. The quantitative estimate of drug-likeness (QED) is 0.744. The van der Waals surface area contributed by atoms with Gasteiger partial charge in [-0.05, 0) is 26.3 Å². The molecule has 17 heavy (non-hydrogen) atoms. The molecule has 0 aliphatic heterocycles. The predicted octanol–water partition coefficient (Wildman–Crippen LogP) is 1.57. The first-order valence-electron chi connectivity index (χ1n) is 6.10. The van der Waals surface area contributed by atoms with E-state index in [0.717, 1.165) is 49.4 Å². The molecule has 2 heterocycles. The molecule has 0 unspecified atom stereocenters. The fourth-order valence-corrected chi connectivity index (χ4v) is 1.75.